The normalized spacial score (nSPS) is 16.5. The van der Waals surface area contributed by atoms with E-state index >= 15 is 0 Å². The molecule has 0 aliphatic carbocycles. The number of hydrogen-bond donors (Lipinski definition) is 2. The fourth-order valence-electron chi connectivity index (χ4n) is 3.96. The highest BCUT2D eigenvalue weighted by Crippen LogP contribution is 2.32. The standard InChI is InChI=1S/C21H16F2N6O2/c1-21(31)9-28(10-21)17-2-3-29(27-17)16-6-14(26-15-8-25-20(30)19(15)16)18-12(22)4-11(7-24)5-13(18)23/h2-6,31H,8-10H2,1H3,(H,25,30). The molecule has 0 unspecified atom stereocenters. The van der Waals surface area contributed by atoms with Crippen LogP contribution in [0.1, 0.15) is 28.5 Å². The molecule has 156 valence electrons. The van der Waals surface area contributed by atoms with Crippen molar-refractivity contribution in [3.05, 3.63) is 58.9 Å². The lowest BCUT2D eigenvalue weighted by Crippen LogP contribution is -2.60. The van der Waals surface area contributed by atoms with E-state index in [2.05, 4.69) is 15.4 Å². The number of pyridine rings is 1. The van der Waals surface area contributed by atoms with Gasteiger partial charge in [0.1, 0.15) is 11.6 Å². The van der Waals surface area contributed by atoms with E-state index in [-0.39, 0.29) is 34.8 Å². The number of hydrogen-bond acceptors (Lipinski definition) is 6. The van der Waals surface area contributed by atoms with Gasteiger partial charge in [0.15, 0.2) is 5.82 Å². The highest BCUT2D eigenvalue weighted by molar-refractivity contribution is 6.01. The van der Waals surface area contributed by atoms with Crippen LogP contribution in [0, 0.1) is 23.0 Å². The van der Waals surface area contributed by atoms with E-state index in [9.17, 15) is 18.7 Å². The van der Waals surface area contributed by atoms with Gasteiger partial charge in [-0.1, -0.05) is 0 Å². The summed E-state index contributed by atoms with van der Waals surface area (Å²) in [4.78, 5) is 18.6. The van der Waals surface area contributed by atoms with Crippen molar-refractivity contribution in [2.45, 2.75) is 19.1 Å². The second kappa shape index (κ2) is 6.58. The summed E-state index contributed by atoms with van der Waals surface area (Å²) in [7, 11) is 0. The van der Waals surface area contributed by atoms with Crippen molar-refractivity contribution in [3.63, 3.8) is 0 Å². The van der Waals surface area contributed by atoms with Crippen LogP contribution < -0.4 is 10.2 Å². The summed E-state index contributed by atoms with van der Waals surface area (Å²) in [6, 6.07) is 6.73. The molecule has 0 bridgehead atoms. The molecule has 2 N–H and O–H groups in total. The summed E-state index contributed by atoms with van der Waals surface area (Å²) in [5.41, 5.74) is -0.342. The highest BCUT2D eigenvalue weighted by Gasteiger charge is 2.38. The van der Waals surface area contributed by atoms with Crippen molar-refractivity contribution in [1.29, 1.82) is 5.26 Å². The summed E-state index contributed by atoms with van der Waals surface area (Å²) < 4.78 is 30.7. The van der Waals surface area contributed by atoms with Gasteiger partial charge in [-0.15, -0.1) is 0 Å². The number of β-amino-alcohol motifs (C(OH)–C–C–N with tert-alkyl or cyclic N) is 1. The number of halogens is 2. The summed E-state index contributed by atoms with van der Waals surface area (Å²) in [6.45, 7) is 2.70. The number of aromatic nitrogens is 3. The van der Waals surface area contributed by atoms with Gasteiger partial charge in [0.25, 0.3) is 5.91 Å². The molecule has 8 nitrogen and oxygen atoms in total. The molecular weight excluding hydrogens is 406 g/mol. The first-order valence-corrected chi connectivity index (χ1v) is 9.51. The maximum absolute atomic E-state index is 14.6. The number of aliphatic hydroxyl groups is 1. The van der Waals surface area contributed by atoms with E-state index in [1.54, 1.807) is 25.3 Å². The van der Waals surface area contributed by atoms with Gasteiger partial charge in [-0.3, -0.25) is 4.79 Å². The molecule has 4 heterocycles. The lowest BCUT2D eigenvalue weighted by molar-refractivity contribution is 0.0305. The summed E-state index contributed by atoms with van der Waals surface area (Å²) in [5.74, 6) is -1.59. The smallest absolute Gasteiger partial charge is 0.255 e. The molecule has 2 aliphatic rings. The molecule has 2 aromatic heterocycles. The topological polar surface area (TPSA) is 107 Å². The second-order valence-electron chi connectivity index (χ2n) is 7.93. The first-order valence-electron chi connectivity index (χ1n) is 9.51. The number of fused-ring (bicyclic) bond motifs is 1. The molecule has 0 radical (unpaired) electrons. The third kappa shape index (κ3) is 3.10. The number of nitriles is 1. The van der Waals surface area contributed by atoms with Crippen LogP contribution in [0.5, 0.6) is 0 Å². The van der Waals surface area contributed by atoms with Crippen LogP contribution in [0.4, 0.5) is 14.6 Å². The SMILES string of the molecule is CC1(O)CN(c2ccn(-c3cc(-c4c(F)cc(C#N)cc4F)nc4c3C(=O)NC4)n2)C1. The highest BCUT2D eigenvalue weighted by atomic mass is 19.1. The molecule has 1 aromatic carbocycles. The number of amides is 1. The van der Waals surface area contributed by atoms with Crippen LogP contribution in [-0.4, -0.2) is 44.5 Å². The largest absolute Gasteiger partial charge is 0.386 e. The van der Waals surface area contributed by atoms with Crippen LogP contribution >= 0.6 is 0 Å². The Balaban J connectivity index is 1.63. The molecule has 0 spiro atoms. The minimum Gasteiger partial charge on any atom is -0.386 e. The number of benzene rings is 1. The van der Waals surface area contributed by atoms with Gasteiger partial charge in [0.05, 0.1) is 52.0 Å². The fourth-order valence-corrected chi connectivity index (χ4v) is 3.96. The molecule has 3 aromatic rings. The number of carbonyl (C=O) groups is 1. The van der Waals surface area contributed by atoms with Gasteiger partial charge in [0.2, 0.25) is 0 Å². The Labute approximate surface area is 175 Å². The minimum atomic E-state index is -0.920. The zero-order valence-electron chi connectivity index (χ0n) is 16.4. The predicted octanol–water partition coefficient (Wildman–Crippen LogP) is 1.90. The van der Waals surface area contributed by atoms with Crippen LogP contribution in [0.15, 0.2) is 30.5 Å². The monoisotopic (exact) mass is 422 g/mol. The van der Waals surface area contributed by atoms with Gasteiger partial charge in [-0.05, 0) is 25.1 Å². The Morgan fingerprint density at radius 3 is 2.58 bits per heavy atom. The van der Waals surface area contributed by atoms with E-state index in [0.29, 0.717) is 30.3 Å². The Hall–Kier alpha value is -3.84. The molecule has 1 fully saturated rings. The van der Waals surface area contributed by atoms with Crippen molar-refractivity contribution in [3.8, 4) is 23.0 Å². The lowest BCUT2D eigenvalue weighted by Gasteiger charge is -2.44. The van der Waals surface area contributed by atoms with E-state index in [1.807, 2.05) is 4.90 Å². The average molecular weight is 422 g/mol. The Kier molecular flexibility index (Phi) is 4.06. The van der Waals surface area contributed by atoms with Crippen LogP contribution in [0.2, 0.25) is 0 Å². The van der Waals surface area contributed by atoms with Crippen molar-refractivity contribution in [2.75, 3.05) is 18.0 Å². The minimum absolute atomic E-state index is 0.00586. The quantitative estimate of drug-likeness (QED) is 0.668. The Morgan fingerprint density at radius 2 is 1.94 bits per heavy atom. The first kappa shape index (κ1) is 19.1. The molecule has 0 saturated carbocycles. The van der Waals surface area contributed by atoms with Crippen molar-refractivity contribution in [2.24, 2.45) is 0 Å². The maximum Gasteiger partial charge on any atom is 0.255 e. The molecule has 1 saturated heterocycles. The van der Waals surface area contributed by atoms with Crippen molar-refractivity contribution >= 4 is 11.7 Å². The molecular formula is C21H16F2N6O2. The number of anilines is 1. The van der Waals surface area contributed by atoms with E-state index in [4.69, 9.17) is 5.26 Å². The summed E-state index contributed by atoms with van der Waals surface area (Å²) in [6.07, 6.45) is 1.64. The zero-order valence-corrected chi connectivity index (χ0v) is 16.4. The van der Waals surface area contributed by atoms with Gasteiger partial charge < -0.3 is 15.3 Å². The number of nitrogens with one attached hydrogen (secondary N) is 1. The van der Waals surface area contributed by atoms with Gasteiger partial charge in [0, 0.05) is 25.4 Å². The summed E-state index contributed by atoms with van der Waals surface area (Å²) >= 11 is 0. The van der Waals surface area contributed by atoms with Gasteiger partial charge in [-0.2, -0.15) is 10.4 Å². The average Bonchev–Trinajstić information content (AvgIpc) is 3.32. The van der Waals surface area contributed by atoms with Crippen LogP contribution in [0.25, 0.3) is 16.9 Å². The number of nitrogens with zero attached hydrogens (tertiary/aromatic N) is 5. The third-order valence-electron chi connectivity index (χ3n) is 5.35. The van der Waals surface area contributed by atoms with E-state index < -0.39 is 17.2 Å². The Bertz CT molecular complexity index is 1260. The fraction of sp³-hybridized carbons (Fsp3) is 0.238. The molecule has 10 heteroatoms. The van der Waals surface area contributed by atoms with Gasteiger partial charge >= 0.3 is 0 Å². The lowest BCUT2D eigenvalue weighted by atomic mass is 9.97. The predicted molar refractivity (Wildman–Crippen MR) is 105 cm³/mol. The zero-order chi connectivity index (χ0) is 21.9. The molecule has 1 amide bonds. The molecule has 5 rings (SSSR count). The van der Waals surface area contributed by atoms with Crippen molar-refractivity contribution in [1.82, 2.24) is 20.1 Å². The molecule has 0 atom stereocenters. The van der Waals surface area contributed by atoms with Crippen LogP contribution in [0.3, 0.4) is 0 Å². The van der Waals surface area contributed by atoms with E-state index in [0.717, 1.165) is 12.1 Å². The van der Waals surface area contributed by atoms with E-state index in [1.165, 1.54) is 10.7 Å². The number of carbonyl (C=O) groups excluding carboxylic acids is 1. The second-order valence-corrected chi connectivity index (χ2v) is 7.93. The van der Waals surface area contributed by atoms with Crippen molar-refractivity contribution < 1.29 is 18.7 Å². The molecule has 31 heavy (non-hydrogen) atoms. The number of rotatable bonds is 3. The summed E-state index contributed by atoms with van der Waals surface area (Å²) in [5, 5.41) is 26.0. The maximum atomic E-state index is 14.6. The Morgan fingerprint density at radius 1 is 1.23 bits per heavy atom. The first-order chi connectivity index (χ1) is 14.8. The van der Waals surface area contributed by atoms with Crippen LogP contribution in [-0.2, 0) is 6.54 Å². The van der Waals surface area contributed by atoms with Gasteiger partial charge in [-0.25, -0.2) is 18.4 Å². The third-order valence-corrected chi connectivity index (χ3v) is 5.35. The molecule has 2 aliphatic heterocycles.